The van der Waals surface area contributed by atoms with Crippen LogP contribution in [-0.4, -0.2) is 19.8 Å². The van der Waals surface area contributed by atoms with Gasteiger partial charge in [0.2, 0.25) is 0 Å². The summed E-state index contributed by atoms with van der Waals surface area (Å²) in [6.45, 7) is 2.60. The summed E-state index contributed by atoms with van der Waals surface area (Å²) in [7, 11) is 0. The second-order valence-corrected chi connectivity index (χ2v) is 4.10. The lowest BCUT2D eigenvalue weighted by molar-refractivity contribution is 0.0744. The molecule has 0 aromatic rings. The molecule has 13 heavy (non-hydrogen) atoms. The molecule has 2 fully saturated rings. The maximum Gasteiger partial charge on any atom is 0.0471 e. The summed E-state index contributed by atoms with van der Waals surface area (Å²) in [5.41, 5.74) is 7.24. The molecule has 2 rings (SSSR count). The van der Waals surface area contributed by atoms with Gasteiger partial charge in [-0.2, -0.15) is 0 Å². The van der Waals surface area contributed by atoms with Gasteiger partial charge < -0.3 is 10.5 Å². The van der Waals surface area contributed by atoms with Gasteiger partial charge in [-0.1, -0.05) is 11.6 Å². The molecule has 0 amide bonds. The van der Waals surface area contributed by atoms with Crippen molar-refractivity contribution in [3.63, 3.8) is 0 Å². The van der Waals surface area contributed by atoms with Crippen LogP contribution in [-0.2, 0) is 4.74 Å². The summed E-state index contributed by atoms with van der Waals surface area (Å²) in [5, 5.41) is 0. The van der Waals surface area contributed by atoms with Crippen LogP contribution in [0.2, 0.25) is 0 Å². The third-order valence-electron chi connectivity index (χ3n) is 3.10. The fourth-order valence-corrected chi connectivity index (χ4v) is 2.25. The molecule has 1 heterocycles. The number of rotatable bonds is 3. The van der Waals surface area contributed by atoms with Crippen LogP contribution in [0.4, 0.5) is 0 Å². The molecule has 2 aliphatic rings. The van der Waals surface area contributed by atoms with Crippen molar-refractivity contribution in [2.75, 3.05) is 19.8 Å². The van der Waals surface area contributed by atoms with Crippen LogP contribution in [0.15, 0.2) is 11.6 Å². The Morgan fingerprint density at radius 2 is 1.77 bits per heavy atom. The first-order valence-corrected chi connectivity index (χ1v) is 5.39. The number of ether oxygens (including phenoxy) is 1. The first kappa shape index (κ1) is 9.22. The van der Waals surface area contributed by atoms with Crippen molar-refractivity contribution < 1.29 is 4.74 Å². The summed E-state index contributed by atoms with van der Waals surface area (Å²) >= 11 is 0. The normalized spacial score (nSPS) is 26.4. The molecule has 0 bridgehead atoms. The molecular weight excluding hydrogens is 162 g/mol. The number of hydrogen-bond donors (Lipinski definition) is 1. The van der Waals surface area contributed by atoms with Gasteiger partial charge in [-0.25, -0.2) is 0 Å². The first-order valence-electron chi connectivity index (χ1n) is 5.39. The third-order valence-corrected chi connectivity index (χ3v) is 3.10. The Hall–Kier alpha value is -0.340. The molecular formula is C11H19NO. The molecule has 0 spiro atoms. The van der Waals surface area contributed by atoms with E-state index < -0.39 is 0 Å². The van der Waals surface area contributed by atoms with Crippen molar-refractivity contribution in [1.29, 1.82) is 0 Å². The minimum absolute atomic E-state index is 0.711. The zero-order valence-electron chi connectivity index (χ0n) is 8.17. The van der Waals surface area contributed by atoms with Crippen molar-refractivity contribution in [3.8, 4) is 0 Å². The summed E-state index contributed by atoms with van der Waals surface area (Å²) in [6.07, 6.45) is 7.46. The predicted octanol–water partition coefficient (Wildman–Crippen LogP) is 1.71. The van der Waals surface area contributed by atoms with Gasteiger partial charge in [0, 0.05) is 19.8 Å². The van der Waals surface area contributed by atoms with Crippen molar-refractivity contribution in [3.05, 3.63) is 11.6 Å². The van der Waals surface area contributed by atoms with E-state index in [1.54, 1.807) is 5.57 Å². The average Bonchev–Trinajstić information content (AvgIpc) is 2.99. The zero-order chi connectivity index (χ0) is 9.10. The zero-order valence-corrected chi connectivity index (χ0v) is 8.17. The minimum atomic E-state index is 0.711. The molecule has 1 aliphatic carbocycles. The Morgan fingerprint density at radius 3 is 2.31 bits per heavy atom. The van der Waals surface area contributed by atoms with E-state index in [0.29, 0.717) is 6.54 Å². The molecule has 1 saturated heterocycles. The summed E-state index contributed by atoms with van der Waals surface area (Å²) in [5.74, 6) is 1.66. The molecule has 1 saturated carbocycles. The van der Waals surface area contributed by atoms with Crippen LogP contribution >= 0.6 is 0 Å². The Morgan fingerprint density at radius 1 is 1.15 bits per heavy atom. The molecule has 2 N–H and O–H groups in total. The lowest BCUT2D eigenvalue weighted by atomic mass is 9.88. The van der Waals surface area contributed by atoms with Gasteiger partial charge in [0.05, 0.1) is 0 Å². The highest BCUT2D eigenvalue weighted by atomic mass is 16.5. The SMILES string of the molecule is NC/C=C(\C1CCOCC1)C1CC1. The van der Waals surface area contributed by atoms with E-state index in [1.165, 1.54) is 25.7 Å². The van der Waals surface area contributed by atoms with Crippen molar-refractivity contribution in [1.82, 2.24) is 0 Å². The molecule has 0 unspecified atom stereocenters. The van der Waals surface area contributed by atoms with E-state index in [-0.39, 0.29) is 0 Å². The first-order chi connectivity index (χ1) is 6.42. The van der Waals surface area contributed by atoms with Gasteiger partial charge in [-0.3, -0.25) is 0 Å². The number of nitrogens with two attached hydrogens (primary N) is 1. The molecule has 1 aliphatic heterocycles. The molecule has 0 radical (unpaired) electrons. The maximum absolute atomic E-state index is 5.59. The average molecular weight is 181 g/mol. The van der Waals surface area contributed by atoms with Gasteiger partial charge in [0.1, 0.15) is 0 Å². The highest BCUT2D eigenvalue weighted by Crippen LogP contribution is 2.42. The summed E-state index contributed by atoms with van der Waals surface area (Å²) in [4.78, 5) is 0. The van der Waals surface area contributed by atoms with Crippen molar-refractivity contribution in [2.24, 2.45) is 17.6 Å². The van der Waals surface area contributed by atoms with E-state index in [0.717, 1.165) is 25.0 Å². The lowest BCUT2D eigenvalue weighted by Gasteiger charge is -2.24. The standard InChI is InChI=1S/C11H19NO/c12-6-3-11(9-1-2-9)10-4-7-13-8-5-10/h3,9-10H,1-2,4-8,12H2/b11-3-. The van der Waals surface area contributed by atoms with Crippen LogP contribution < -0.4 is 5.73 Å². The molecule has 2 nitrogen and oxygen atoms in total. The highest BCUT2D eigenvalue weighted by Gasteiger charge is 2.31. The van der Waals surface area contributed by atoms with Gasteiger partial charge in [-0.15, -0.1) is 0 Å². The predicted molar refractivity (Wildman–Crippen MR) is 53.4 cm³/mol. The van der Waals surface area contributed by atoms with E-state index in [2.05, 4.69) is 6.08 Å². The summed E-state index contributed by atoms with van der Waals surface area (Å²) < 4.78 is 5.37. The third kappa shape index (κ3) is 2.32. The fourth-order valence-electron chi connectivity index (χ4n) is 2.25. The van der Waals surface area contributed by atoms with Crippen LogP contribution in [0.3, 0.4) is 0 Å². The molecule has 74 valence electrons. The molecule has 2 heteroatoms. The van der Waals surface area contributed by atoms with Crippen LogP contribution in [0.1, 0.15) is 25.7 Å². The van der Waals surface area contributed by atoms with Gasteiger partial charge >= 0.3 is 0 Å². The highest BCUT2D eigenvalue weighted by molar-refractivity contribution is 5.17. The van der Waals surface area contributed by atoms with Crippen molar-refractivity contribution >= 4 is 0 Å². The van der Waals surface area contributed by atoms with E-state index >= 15 is 0 Å². The van der Waals surface area contributed by atoms with Crippen LogP contribution in [0.25, 0.3) is 0 Å². The van der Waals surface area contributed by atoms with Crippen LogP contribution in [0, 0.1) is 11.8 Å². The van der Waals surface area contributed by atoms with Gasteiger partial charge in [0.25, 0.3) is 0 Å². The van der Waals surface area contributed by atoms with Gasteiger partial charge in [-0.05, 0) is 37.5 Å². The summed E-state index contributed by atoms with van der Waals surface area (Å²) in [6, 6.07) is 0. The molecule has 0 aromatic heterocycles. The van der Waals surface area contributed by atoms with E-state index in [9.17, 15) is 0 Å². The smallest absolute Gasteiger partial charge is 0.0471 e. The quantitative estimate of drug-likeness (QED) is 0.673. The Bertz CT molecular complexity index is 190. The number of allylic oxidation sites excluding steroid dienone is 1. The van der Waals surface area contributed by atoms with Crippen LogP contribution in [0.5, 0.6) is 0 Å². The Balaban J connectivity index is 1.96. The Kier molecular flexibility index (Phi) is 3.01. The fraction of sp³-hybridized carbons (Fsp3) is 0.818. The lowest BCUT2D eigenvalue weighted by Crippen LogP contribution is -2.19. The Labute approximate surface area is 80.1 Å². The molecule has 0 aromatic carbocycles. The monoisotopic (exact) mass is 181 g/mol. The minimum Gasteiger partial charge on any atom is -0.381 e. The van der Waals surface area contributed by atoms with Gasteiger partial charge in [0.15, 0.2) is 0 Å². The van der Waals surface area contributed by atoms with E-state index in [4.69, 9.17) is 10.5 Å². The number of hydrogen-bond acceptors (Lipinski definition) is 2. The largest absolute Gasteiger partial charge is 0.381 e. The molecule has 0 atom stereocenters. The van der Waals surface area contributed by atoms with E-state index in [1.807, 2.05) is 0 Å². The maximum atomic E-state index is 5.59. The second kappa shape index (κ2) is 4.25. The second-order valence-electron chi connectivity index (χ2n) is 4.10. The van der Waals surface area contributed by atoms with Crippen molar-refractivity contribution in [2.45, 2.75) is 25.7 Å². The topological polar surface area (TPSA) is 35.2 Å².